The summed E-state index contributed by atoms with van der Waals surface area (Å²) in [6.07, 6.45) is 0. The molecule has 0 saturated heterocycles. The Labute approximate surface area is 114 Å². The van der Waals surface area contributed by atoms with Crippen LogP contribution in [0.25, 0.3) is 0 Å². The third-order valence-corrected chi connectivity index (χ3v) is 2.90. The predicted octanol–water partition coefficient (Wildman–Crippen LogP) is 3.90. The molecule has 0 aromatic heterocycles. The zero-order valence-corrected chi connectivity index (χ0v) is 10.7. The molecular weight excluding hydrogens is 265 g/mol. The highest BCUT2D eigenvalue weighted by Crippen LogP contribution is 2.18. The van der Waals surface area contributed by atoms with Gasteiger partial charge in [0.1, 0.15) is 17.5 Å². The largest absolute Gasteiger partial charge is 0.381 e. The highest BCUT2D eigenvalue weighted by molar-refractivity contribution is 5.47. The number of benzene rings is 2. The summed E-state index contributed by atoms with van der Waals surface area (Å²) >= 11 is 0. The van der Waals surface area contributed by atoms with Crippen molar-refractivity contribution in [3.05, 3.63) is 64.5 Å². The second-order valence-corrected chi connectivity index (χ2v) is 4.35. The molecule has 20 heavy (non-hydrogen) atoms. The molecule has 5 heteroatoms. The van der Waals surface area contributed by atoms with Crippen molar-refractivity contribution in [3.8, 4) is 6.07 Å². The summed E-state index contributed by atoms with van der Waals surface area (Å²) in [7, 11) is 0. The van der Waals surface area contributed by atoms with E-state index >= 15 is 0 Å². The SMILES string of the molecule is Cc1cc(NCc2c(F)cc(C#N)cc2F)ccc1F. The summed E-state index contributed by atoms with van der Waals surface area (Å²) < 4.78 is 40.4. The van der Waals surface area contributed by atoms with Crippen LogP contribution in [0.15, 0.2) is 30.3 Å². The van der Waals surface area contributed by atoms with Gasteiger partial charge in [-0.25, -0.2) is 13.2 Å². The van der Waals surface area contributed by atoms with Crippen molar-refractivity contribution >= 4 is 5.69 Å². The molecule has 0 bridgehead atoms. The Morgan fingerprint density at radius 2 is 1.70 bits per heavy atom. The highest BCUT2D eigenvalue weighted by Gasteiger charge is 2.11. The van der Waals surface area contributed by atoms with E-state index in [-0.39, 0.29) is 23.5 Å². The normalized spacial score (nSPS) is 10.2. The van der Waals surface area contributed by atoms with E-state index in [4.69, 9.17) is 5.26 Å². The van der Waals surface area contributed by atoms with Gasteiger partial charge in [-0.05, 0) is 42.8 Å². The zero-order chi connectivity index (χ0) is 14.7. The number of anilines is 1. The van der Waals surface area contributed by atoms with E-state index in [9.17, 15) is 13.2 Å². The van der Waals surface area contributed by atoms with Crippen molar-refractivity contribution in [2.24, 2.45) is 0 Å². The molecule has 0 aliphatic rings. The van der Waals surface area contributed by atoms with Gasteiger partial charge in [0, 0.05) is 17.8 Å². The maximum atomic E-state index is 13.7. The van der Waals surface area contributed by atoms with Gasteiger partial charge < -0.3 is 5.32 Å². The van der Waals surface area contributed by atoms with Crippen molar-refractivity contribution in [1.82, 2.24) is 0 Å². The van der Waals surface area contributed by atoms with E-state index in [0.29, 0.717) is 11.3 Å². The van der Waals surface area contributed by atoms with Gasteiger partial charge in [-0.1, -0.05) is 0 Å². The molecule has 0 aliphatic carbocycles. The topological polar surface area (TPSA) is 35.8 Å². The molecule has 0 spiro atoms. The number of hydrogen-bond acceptors (Lipinski definition) is 2. The van der Waals surface area contributed by atoms with Crippen LogP contribution in [0.3, 0.4) is 0 Å². The maximum Gasteiger partial charge on any atom is 0.132 e. The fourth-order valence-corrected chi connectivity index (χ4v) is 1.78. The Hall–Kier alpha value is -2.48. The van der Waals surface area contributed by atoms with Crippen molar-refractivity contribution in [2.75, 3.05) is 5.32 Å². The molecule has 0 aliphatic heterocycles. The molecule has 0 atom stereocenters. The molecule has 2 rings (SSSR count). The van der Waals surface area contributed by atoms with Crippen LogP contribution in [-0.2, 0) is 6.54 Å². The minimum atomic E-state index is -0.784. The molecule has 2 aromatic rings. The Bertz CT molecular complexity index is 667. The summed E-state index contributed by atoms with van der Waals surface area (Å²) in [6, 6.07) is 7.96. The lowest BCUT2D eigenvalue weighted by Crippen LogP contribution is -2.05. The van der Waals surface area contributed by atoms with Crippen LogP contribution < -0.4 is 5.32 Å². The molecule has 0 saturated carbocycles. The lowest BCUT2D eigenvalue weighted by Gasteiger charge is -2.10. The fraction of sp³-hybridized carbons (Fsp3) is 0.133. The first-order valence-corrected chi connectivity index (χ1v) is 5.89. The summed E-state index contributed by atoms with van der Waals surface area (Å²) in [4.78, 5) is 0. The first-order chi connectivity index (χ1) is 9.51. The Balaban J connectivity index is 2.19. The van der Waals surface area contributed by atoms with Gasteiger partial charge in [0.2, 0.25) is 0 Å². The fourth-order valence-electron chi connectivity index (χ4n) is 1.78. The van der Waals surface area contributed by atoms with Gasteiger partial charge >= 0.3 is 0 Å². The monoisotopic (exact) mass is 276 g/mol. The van der Waals surface area contributed by atoms with Crippen LogP contribution in [0.5, 0.6) is 0 Å². The van der Waals surface area contributed by atoms with Gasteiger partial charge in [0.05, 0.1) is 11.6 Å². The molecule has 2 nitrogen and oxygen atoms in total. The maximum absolute atomic E-state index is 13.7. The average Bonchev–Trinajstić information content (AvgIpc) is 2.41. The first kappa shape index (κ1) is 13.9. The Kier molecular flexibility index (Phi) is 3.94. The molecule has 0 fully saturated rings. The standard InChI is InChI=1S/C15H11F3N2/c1-9-4-11(2-3-13(9)16)20-8-12-14(17)5-10(7-19)6-15(12)18/h2-6,20H,8H2,1H3. The van der Waals surface area contributed by atoms with Crippen molar-refractivity contribution < 1.29 is 13.2 Å². The zero-order valence-electron chi connectivity index (χ0n) is 10.7. The Morgan fingerprint density at radius 1 is 1.05 bits per heavy atom. The third-order valence-electron chi connectivity index (χ3n) is 2.90. The molecule has 0 unspecified atom stereocenters. The molecule has 2 aromatic carbocycles. The van der Waals surface area contributed by atoms with Gasteiger partial charge in [-0.3, -0.25) is 0 Å². The van der Waals surface area contributed by atoms with Gasteiger partial charge in [0.15, 0.2) is 0 Å². The van der Waals surface area contributed by atoms with E-state index < -0.39 is 11.6 Å². The number of halogens is 3. The van der Waals surface area contributed by atoms with Gasteiger partial charge in [-0.15, -0.1) is 0 Å². The molecule has 0 heterocycles. The van der Waals surface area contributed by atoms with Crippen LogP contribution in [0, 0.1) is 35.7 Å². The second-order valence-electron chi connectivity index (χ2n) is 4.35. The molecule has 0 amide bonds. The summed E-state index contributed by atoms with van der Waals surface area (Å²) in [6.45, 7) is 1.51. The summed E-state index contributed by atoms with van der Waals surface area (Å²) in [5.41, 5.74) is 0.773. The van der Waals surface area contributed by atoms with E-state index in [2.05, 4.69) is 5.32 Å². The van der Waals surface area contributed by atoms with Crippen LogP contribution in [0.2, 0.25) is 0 Å². The first-order valence-electron chi connectivity index (χ1n) is 5.89. The number of hydrogen-bond donors (Lipinski definition) is 1. The molecule has 1 N–H and O–H groups in total. The van der Waals surface area contributed by atoms with E-state index in [0.717, 1.165) is 12.1 Å². The summed E-state index contributed by atoms with van der Waals surface area (Å²) in [5, 5.41) is 11.4. The van der Waals surface area contributed by atoms with Crippen LogP contribution in [0.1, 0.15) is 16.7 Å². The highest BCUT2D eigenvalue weighted by atomic mass is 19.1. The number of aryl methyl sites for hydroxylation is 1. The second kappa shape index (κ2) is 5.66. The van der Waals surface area contributed by atoms with Crippen LogP contribution in [-0.4, -0.2) is 0 Å². The van der Waals surface area contributed by atoms with Crippen molar-refractivity contribution in [1.29, 1.82) is 5.26 Å². The van der Waals surface area contributed by atoms with E-state index in [1.54, 1.807) is 19.1 Å². The van der Waals surface area contributed by atoms with E-state index in [1.807, 2.05) is 0 Å². The molecular formula is C15H11F3N2. The van der Waals surface area contributed by atoms with Gasteiger partial charge in [-0.2, -0.15) is 5.26 Å². The Morgan fingerprint density at radius 3 is 2.25 bits per heavy atom. The average molecular weight is 276 g/mol. The van der Waals surface area contributed by atoms with Gasteiger partial charge in [0.25, 0.3) is 0 Å². The quantitative estimate of drug-likeness (QED) is 0.923. The summed E-state index contributed by atoms with van der Waals surface area (Å²) in [5.74, 6) is -1.91. The van der Waals surface area contributed by atoms with E-state index in [1.165, 1.54) is 12.1 Å². The minimum Gasteiger partial charge on any atom is -0.381 e. The number of nitrogens with one attached hydrogen (secondary N) is 1. The lowest BCUT2D eigenvalue weighted by atomic mass is 10.1. The molecule has 0 radical (unpaired) electrons. The minimum absolute atomic E-state index is 0.0682. The predicted molar refractivity (Wildman–Crippen MR) is 69.5 cm³/mol. The number of nitrogens with zero attached hydrogens (tertiary/aromatic N) is 1. The van der Waals surface area contributed by atoms with Crippen molar-refractivity contribution in [3.63, 3.8) is 0 Å². The third kappa shape index (κ3) is 2.91. The molecule has 102 valence electrons. The number of nitriles is 1. The lowest BCUT2D eigenvalue weighted by molar-refractivity contribution is 0.559. The smallest absolute Gasteiger partial charge is 0.132 e. The number of rotatable bonds is 3. The van der Waals surface area contributed by atoms with Crippen LogP contribution in [0.4, 0.5) is 18.9 Å². The van der Waals surface area contributed by atoms with Crippen LogP contribution >= 0.6 is 0 Å². The van der Waals surface area contributed by atoms with Crippen molar-refractivity contribution in [2.45, 2.75) is 13.5 Å².